The molecule has 1 aliphatic heterocycles. The van der Waals surface area contributed by atoms with Crippen LogP contribution in [0.5, 0.6) is 11.5 Å². The number of ether oxygens (including phenoxy) is 2. The van der Waals surface area contributed by atoms with Crippen molar-refractivity contribution < 1.29 is 14.3 Å². The van der Waals surface area contributed by atoms with Crippen molar-refractivity contribution >= 4 is 11.7 Å². The Morgan fingerprint density at radius 2 is 1.63 bits per heavy atom. The van der Waals surface area contributed by atoms with Gasteiger partial charge < -0.3 is 24.2 Å². The second-order valence-electron chi connectivity index (χ2n) is 9.85. The van der Waals surface area contributed by atoms with Gasteiger partial charge in [0.25, 0.3) is 5.91 Å². The van der Waals surface area contributed by atoms with E-state index in [4.69, 9.17) is 14.6 Å². The maximum atomic E-state index is 14.0. The molecule has 1 amide bonds. The summed E-state index contributed by atoms with van der Waals surface area (Å²) >= 11 is 0. The first-order valence-corrected chi connectivity index (χ1v) is 13.5. The standard InChI is InChI=1S/C30H41N5O3/c1-7-22(3)34(30(36)24-18-26(37-5)20-27(19-24)38-6)21-28-23(4)31-35(25-12-10-9-11-13-25)29(28)33-16-14-32(8-2)15-17-33/h9-13,18-20,22H,7-8,14-17,21H2,1-6H3/t22-/m1/s1. The van der Waals surface area contributed by atoms with Crippen LogP contribution in [0.15, 0.2) is 48.5 Å². The molecule has 1 saturated heterocycles. The van der Waals surface area contributed by atoms with Crippen molar-refractivity contribution in [3.05, 3.63) is 65.4 Å². The molecule has 1 fully saturated rings. The molecule has 0 saturated carbocycles. The Morgan fingerprint density at radius 1 is 1.00 bits per heavy atom. The number of likely N-dealkylation sites (N-methyl/N-ethyl adjacent to an activating group) is 1. The SMILES string of the molecule is CC[C@@H](C)N(Cc1c(C)nn(-c2ccccc2)c1N1CCN(CC)CC1)C(=O)c1cc(OC)cc(OC)c1. The van der Waals surface area contributed by atoms with Gasteiger partial charge in [-0.1, -0.05) is 32.0 Å². The van der Waals surface area contributed by atoms with E-state index in [9.17, 15) is 4.79 Å². The normalized spacial score (nSPS) is 14.8. The summed E-state index contributed by atoms with van der Waals surface area (Å²) in [4.78, 5) is 20.9. The summed E-state index contributed by atoms with van der Waals surface area (Å²) in [7, 11) is 3.20. The summed E-state index contributed by atoms with van der Waals surface area (Å²) in [5.74, 6) is 2.22. The third-order valence-electron chi connectivity index (χ3n) is 7.59. The first-order valence-electron chi connectivity index (χ1n) is 13.5. The van der Waals surface area contributed by atoms with Crippen molar-refractivity contribution in [3.8, 4) is 17.2 Å². The lowest BCUT2D eigenvalue weighted by molar-refractivity contribution is 0.0670. The minimum Gasteiger partial charge on any atom is -0.497 e. The molecule has 38 heavy (non-hydrogen) atoms. The zero-order chi connectivity index (χ0) is 27.2. The Bertz CT molecular complexity index is 1200. The molecule has 0 aliphatic carbocycles. The third kappa shape index (κ3) is 5.80. The fourth-order valence-electron chi connectivity index (χ4n) is 5.00. The van der Waals surface area contributed by atoms with E-state index in [0.29, 0.717) is 23.6 Å². The Labute approximate surface area is 226 Å². The van der Waals surface area contributed by atoms with Crippen LogP contribution in [0.4, 0.5) is 5.82 Å². The number of hydrogen-bond donors (Lipinski definition) is 0. The minimum absolute atomic E-state index is 0.0314. The quantitative estimate of drug-likeness (QED) is 0.384. The molecule has 204 valence electrons. The number of para-hydroxylation sites is 1. The molecule has 4 rings (SSSR count). The molecule has 0 radical (unpaired) electrons. The van der Waals surface area contributed by atoms with Gasteiger partial charge >= 0.3 is 0 Å². The van der Waals surface area contributed by atoms with Crippen molar-refractivity contribution in [2.75, 3.05) is 51.8 Å². The van der Waals surface area contributed by atoms with E-state index >= 15 is 0 Å². The van der Waals surface area contributed by atoms with Crippen molar-refractivity contribution in [2.45, 2.75) is 46.7 Å². The van der Waals surface area contributed by atoms with Gasteiger partial charge in [-0.15, -0.1) is 0 Å². The zero-order valence-corrected chi connectivity index (χ0v) is 23.6. The molecule has 0 N–H and O–H groups in total. The smallest absolute Gasteiger partial charge is 0.254 e. The second kappa shape index (κ2) is 12.3. The molecular formula is C30H41N5O3. The molecule has 0 spiro atoms. The maximum absolute atomic E-state index is 14.0. The molecule has 2 heterocycles. The van der Waals surface area contributed by atoms with Gasteiger partial charge in [-0.2, -0.15) is 5.10 Å². The summed E-state index contributed by atoms with van der Waals surface area (Å²) in [5, 5.41) is 5.00. The average Bonchev–Trinajstić information content (AvgIpc) is 3.30. The zero-order valence-electron chi connectivity index (χ0n) is 23.6. The van der Waals surface area contributed by atoms with E-state index in [0.717, 1.165) is 61.9 Å². The summed E-state index contributed by atoms with van der Waals surface area (Å²) in [6.45, 7) is 13.9. The van der Waals surface area contributed by atoms with Crippen LogP contribution in [0.2, 0.25) is 0 Å². The number of anilines is 1. The molecule has 2 aromatic carbocycles. The van der Waals surface area contributed by atoms with Gasteiger partial charge in [0.15, 0.2) is 0 Å². The third-order valence-corrected chi connectivity index (χ3v) is 7.59. The number of aromatic nitrogens is 2. The predicted octanol–water partition coefficient (Wildman–Crippen LogP) is 4.78. The first-order chi connectivity index (χ1) is 18.4. The summed E-state index contributed by atoms with van der Waals surface area (Å²) < 4.78 is 12.9. The van der Waals surface area contributed by atoms with Crippen LogP contribution in [0.1, 0.15) is 48.8 Å². The monoisotopic (exact) mass is 519 g/mol. The number of hydrogen-bond acceptors (Lipinski definition) is 6. The summed E-state index contributed by atoms with van der Waals surface area (Å²) in [6, 6.07) is 15.6. The van der Waals surface area contributed by atoms with Crippen LogP contribution in [0.3, 0.4) is 0 Å². The molecule has 0 unspecified atom stereocenters. The molecule has 0 bridgehead atoms. The van der Waals surface area contributed by atoms with Gasteiger partial charge in [0, 0.05) is 49.4 Å². The van der Waals surface area contributed by atoms with E-state index in [1.807, 2.05) is 23.1 Å². The lowest BCUT2D eigenvalue weighted by Crippen LogP contribution is -2.47. The molecule has 1 aliphatic rings. The van der Waals surface area contributed by atoms with Crippen LogP contribution in [-0.4, -0.2) is 78.5 Å². The fourth-order valence-corrected chi connectivity index (χ4v) is 5.00. The van der Waals surface area contributed by atoms with Crippen molar-refractivity contribution in [3.63, 3.8) is 0 Å². The van der Waals surface area contributed by atoms with E-state index in [1.165, 1.54) is 0 Å². The van der Waals surface area contributed by atoms with Gasteiger partial charge in [0.1, 0.15) is 17.3 Å². The van der Waals surface area contributed by atoms with Gasteiger partial charge in [-0.3, -0.25) is 4.79 Å². The van der Waals surface area contributed by atoms with Crippen LogP contribution in [-0.2, 0) is 6.54 Å². The van der Waals surface area contributed by atoms with E-state index in [1.54, 1.807) is 32.4 Å². The highest BCUT2D eigenvalue weighted by atomic mass is 16.5. The number of methoxy groups -OCH3 is 2. The second-order valence-corrected chi connectivity index (χ2v) is 9.85. The Morgan fingerprint density at radius 3 is 2.18 bits per heavy atom. The maximum Gasteiger partial charge on any atom is 0.254 e. The predicted molar refractivity (Wildman–Crippen MR) is 152 cm³/mol. The van der Waals surface area contributed by atoms with E-state index in [2.05, 4.69) is 54.3 Å². The molecule has 8 heteroatoms. The number of benzene rings is 2. The van der Waals surface area contributed by atoms with Gasteiger partial charge in [0.2, 0.25) is 0 Å². The number of carbonyl (C=O) groups excluding carboxylic acids is 1. The number of carbonyl (C=O) groups is 1. The van der Waals surface area contributed by atoms with Crippen LogP contribution in [0, 0.1) is 6.92 Å². The lowest BCUT2D eigenvalue weighted by Gasteiger charge is -2.37. The van der Waals surface area contributed by atoms with Crippen LogP contribution >= 0.6 is 0 Å². The highest BCUT2D eigenvalue weighted by Gasteiger charge is 2.29. The molecule has 3 aromatic rings. The highest BCUT2D eigenvalue weighted by molar-refractivity contribution is 5.95. The highest BCUT2D eigenvalue weighted by Crippen LogP contribution is 2.32. The summed E-state index contributed by atoms with van der Waals surface area (Å²) in [5.41, 5.74) is 3.59. The number of rotatable bonds is 10. The Balaban J connectivity index is 1.76. The van der Waals surface area contributed by atoms with Gasteiger partial charge in [-0.25, -0.2) is 4.68 Å². The largest absolute Gasteiger partial charge is 0.497 e. The molecular weight excluding hydrogens is 478 g/mol. The number of amides is 1. The average molecular weight is 520 g/mol. The Hall–Kier alpha value is -3.52. The Kier molecular flexibility index (Phi) is 8.94. The van der Waals surface area contributed by atoms with Crippen LogP contribution in [0.25, 0.3) is 5.69 Å². The first kappa shape index (κ1) is 27.5. The fraction of sp³-hybridized carbons (Fsp3) is 0.467. The van der Waals surface area contributed by atoms with Crippen molar-refractivity contribution in [1.29, 1.82) is 0 Å². The molecule has 1 atom stereocenters. The summed E-state index contributed by atoms with van der Waals surface area (Å²) in [6.07, 6.45) is 0.837. The molecule has 8 nitrogen and oxygen atoms in total. The van der Waals surface area contributed by atoms with Gasteiger partial charge in [-0.05, 0) is 51.1 Å². The molecule has 1 aromatic heterocycles. The van der Waals surface area contributed by atoms with E-state index < -0.39 is 0 Å². The van der Waals surface area contributed by atoms with Crippen molar-refractivity contribution in [2.24, 2.45) is 0 Å². The van der Waals surface area contributed by atoms with Gasteiger partial charge in [0.05, 0.1) is 32.1 Å². The van der Waals surface area contributed by atoms with E-state index in [-0.39, 0.29) is 11.9 Å². The number of piperazine rings is 1. The lowest BCUT2D eigenvalue weighted by atomic mass is 10.1. The number of nitrogens with zero attached hydrogens (tertiary/aromatic N) is 5. The number of aryl methyl sites for hydroxylation is 1. The topological polar surface area (TPSA) is 63.1 Å². The minimum atomic E-state index is -0.0508. The van der Waals surface area contributed by atoms with Crippen LogP contribution < -0.4 is 14.4 Å². The van der Waals surface area contributed by atoms with Crippen molar-refractivity contribution in [1.82, 2.24) is 19.6 Å².